The molecule has 1 nitrogen and oxygen atoms in total. The Labute approximate surface area is 146 Å². The Hall–Kier alpha value is 3.51. The smallest absolute Gasteiger partial charge is 1.00 e. The van der Waals surface area contributed by atoms with Crippen LogP contribution in [0.5, 0.6) is 0 Å². The molecule has 1 aliphatic rings. The summed E-state index contributed by atoms with van der Waals surface area (Å²) >= 11 is 0. The number of rotatable bonds is 0. The molecular weight excluding hydrogens is 190 g/mol. The molecule has 0 aromatic rings. The van der Waals surface area contributed by atoms with Gasteiger partial charge in [-0.3, -0.25) is 0 Å². The van der Waals surface area contributed by atoms with Crippen LogP contribution in [-0.4, -0.2) is 47.9 Å². The quantitative estimate of drug-likeness (QED) is 0.358. The summed E-state index contributed by atoms with van der Waals surface area (Å²) in [7, 11) is 0. The van der Waals surface area contributed by atoms with Gasteiger partial charge in [-0.15, -0.1) is 0 Å². The van der Waals surface area contributed by atoms with E-state index in [9.17, 15) is 0 Å². The molecule has 1 heterocycles. The summed E-state index contributed by atoms with van der Waals surface area (Å²) in [5, 5.41) is 0. The molecule has 0 atom stereocenters. The van der Waals surface area contributed by atoms with Crippen molar-refractivity contribution >= 4 is 34.7 Å². The summed E-state index contributed by atoms with van der Waals surface area (Å²) in [5.74, 6) is 0. The predicted molar refractivity (Wildman–Crippen MR) is 42.2 cm³/mol. The summed E-state index contributed by atoms with van der Waals surface area (Å²) in [6, 6.07) is 0. The van der Waals surface area contributed by atoms with Gasteiger partial charge in [0.2, 0.25) is 0 Å². The molecule has 7 heteroatoms. The SMILES string of the molecule is C1CCOC1.[AlH3].[AlH3].[Cl-].[H-].[H-].[Li+].[Li+].[Na+]. The van der Waals surface area contributed by atoms with Crippen LogP contribution in [0.25, 0.3) is 0 Å². The van der Waals surface area contributed by atoms with Crippen LogP contribution in [0.4, 0.5) is 0 Å². The Kier molecular flexibility index (Phi) is 97.1. The Bertz CT molecular complexity index is 45.7. The molecule has 1 rings (SSSR count). The molecule has 0 spiro atoms. The third-order valence-electron chi connectivity index (χ3n) is 0.827. The van der Waals surface area contributed by atoms with Crippen molar-refractivity contribution in [3.8, 4) is 0 Å². The van der Waals surface area contributed by atoms with Crippen molar-refractivity contribution in [1.29, 1.82) is 0 Å². The van der Waals surface area contributed by atoms with E-state index in [1.54, 1.807) is 0 Å². The van der Waals surface area contributed by atoms with E-state index in [4.69, 9.17) is 4.74 Å². The molecule has 0 bridgehead atoms. The van der Waals surface area contributed by atoms with Crippen LogP contribution < -0.4 is 79.7 Å². The largest absolute Gasteiger partial charge is 1.00 e. The summed E-state index contributed by atoms with van der Waals surface area (Å²) in [6.45, 7) is 2.00. The Morgan fingerprint density at radius 3 is 1.27 bits per heavy atom. The van der Waals surface area contributed by atoms with E-state index in [0.29, 0.717) is 0 Å². The molecule has 0 amide bonds. The van der Waals surface area contributed by atoms with Gasteiger partial charge in [0.1, 0.15) is 0 Å². The maximum Gasteiger partial charge on any atom is 1.00 e. The first-order chi connectivity index (χ1) is 2.50. The third-order valence-corrected chi connectivity index (χ3v) is 0.827. The van der Waals surface area contributed by atoms with Gasteiger partial charge in [-0.05, 0) is 12.8 Å². The van der Waals surface area contributed by atoms with Gasteiger partial charge in [0.05, 0.1) is 0 Å². The zero-order valence-corrected chi connectivity index (χ0v) is 9.37. The van der Waals surface area contributed by atoms with Crippen LogP contribution in [0, 0.1) is 0 Å². The molecule has 0 aromatic carbocycles. The van der Waals surface area contributed by atoms with Crippen LogP contribution in [0.15, 0.2) is 0 Å². The summed E-state index contributed by atoms with van der Waals surface area (Å²) in [5.41, 5.74) is 0. The van der Waals surface area contributed by atoms with Crippen molar-refractivity contribution < 1.29 is 87.3 Å². The first-order valence-electron chi connectivity index (χ1n) is 2.08. The normalized spacial score (nSPS) is 10.9. The van der Waals surface area contributed by atoms with Crippen LogP contribution in [0.3, 0.4) is 0 Å². The number of halogens is 1. The van der Waals surface area contributed by atoms with Crippen LogP contribution in [0.1, 0.15) is 15.7 Å². The summed E-state index contributed by atoms with van der Waals surface area (Å²) in [6.07, 6.45) is 2.56. The second-order valence-corrected chi connectivity index (χ2v) is 1.32. The molecule has 11 heavy (non-hydrogen) atoms. The topological polar surface area (TPSA) is 9.23 Å². The third kappa shape index (κ3) is 24.7. The molecule has 0 unspecified atom stereocenters. The fourth-order valence-corrected chi connectivity index (χ4v) is 0.510. The fraction of sp³-hybridized carbons (Fsp3) is 1.00. The molecule has 0 N–H and O–H groups in total. The minimum Gasteiger partial charge on any atom is -1.00 e. The van der Waals surface area contributed by atoms with Gasteiger partial charge in [-0.25, -0.2) is 0 Å². The van der Waals surface area contributed by atoms with Gasteiger partial charge >= 0.3 is 67.3 Å². The predicted octanol–water partition coefficient (Wildman–Crippen LogP) is -13.3. The van der Waals surface area contributed by atoms with E-state index in [0.717, 1.165) is 13.2 Å². The van der Waals surface area contributed by atoms with Crippen molar-refractivity contribution in [3.05, 3.63) is 0 Å². The van der Waals surface area contributed by atoms with E-state index in [1.165, 1.54) is 12.8 Å². The van der Waals surface area contributed by atoms with Crippen molar-refractivity contribution in [2.24, 2.45) is 0 Å². The fourth-order valence-electron chi connectivity index (χ4n) is 0.510. The van der Waals surface area contributed by atoms with Crippen LogP contribution in [-0.2, 0) is 4.74 Å². The van der Waals surface area contributed by atoms with E-state index in [-0.39, 0.29) is 117 Å². The number of hydrogen-bond acceptors (Lipinski definition) is 1. The molecule has 0 aliphatic carbocycles. The van der Waals surface area contributed by atoms with Crippen molar-refractivity contribution in [3.63, 3.8) is 0 Å². The van der Waals surface area contributed by atoms with Gasteiger partial charge in [0.25, 0.3) is 0 Å². The van der Waals surface area contributed by atoms with Gasteiger partial charge < -0.3 is 20.0 Å². The van der Waals surface area contributed by atoms with E-state index in [2.05, 4.69) is 0 Å². The van der Waals surface area contributed by atoms with Gasteiger partial charge in [0, 0.05) is 13.2 Å². The molecule has 0 aromatic heterocycles. The van der Waals surface area contributed by atoms with Gasteiger partial charge in [0.15, 0.2) is 34.7 Å². The van der Waals surface area contributed by atoms with Gasteiger partial charge in [-0.2, -0.15) is 0 Å². The first-order valence-corrected chi connectivity index (χ1v) is 2.08. The monoisotopic (exact) mass is 206 g/mol. The van der Waals surface area contributed by atoms with Crippen LogP contribution in [0.2, 0.25) is 0 Å². The minimum absolute atomic E-state index is 0. The van der Waals surface area contributed by atoms with E-state index in [1.807, 2.05) is 0 Å². The van der Waals surface area contributed by atoms with Crippen molar-refractivity contribution in [2.45, 2.75) is 12.8 Å². The average Bonchev–Trinajstić information content (AvgIpc) is 1.76. The molecule has 0 saturated carbocycles. The second kappa shape index (κ2) is 29.2. The average molecular weight is 206 g/mol. The van der Waals surface area contributed by atoms with Gasteiger partial charge in [-0.1, -0.05) is 0 Å². The zero-order valence-electron chi connectivity index (χ0n) is 8.61. The minimum atomic E-state index is 0. The van der Waals surface area contributed by atoms with Crippen molar-refractivity contribution in [2.75, 3.05) is 13.2 Å². The van der Waals surface area contributed by atoms with Crippen molar-refractivity contribution in [1.82, 2.24) is 0 Å². The molecular formula is C4H16Al2ClLi2NaO. The standard InChI is InChI=1S/C4H8O.2Al.ClH.2Li.Na.8H/c1-2-4-5-3-1;;;;;;;;;;;;;;/h1-4H2;;;1H;;;;;;;;;;;/q;;;;3*+1;;;;;;;2*-1/p-1. The molecule has 1 aliphatic heterocycles. The Morgan fingerprint density at radius 1 is 0.909 bits per heavy atom. The summed E-state index contributed by atoms with van der Waals surface area (Å²) in [4.78, 5) is 0. The van der Waals surface area contributed by atoms with Crippen LogP contribution >= 0.6 is 0 Å². The number of hydrogen-bond donors (Lipinski definition) is 0. The molecule has 0 radical (unpaired) electrons. The molecule has 54 valence electrons. The number of ether oxygens (including phenoxy) is 1. The summed E-state index contributed by atoms with van der Waals surface area (Å²) < 4.78 is 4.94. The van der Waals surface area contributed by atoms with E-state index < -0.39 is 0 Å². The molecule has 1 saturated heterocycles. The van der Waals surface area contributed by atoms with E-state index >= 15 is 0 Å². The maximum absolute atomic E-state index is 4.94. The maximum atomic E-state index is 4.94. The second-order valence-electron chi connectivity index (χ2n) is 1.32. The molecule has 1 fully saturated rings. The Balaban J connectivity index is -0.00000000521. The first kappa shape index (κ1) is 36.6. The Morgan fingerprint density at radius 2 is 1.18 bits per heavy atom. The zero-order chi connectivity index (χ0) is 3.54.